The molecule has 30 heavy (non-hydrogen) atoms. The fraction of sp³-hybridized carbons (Fsp3) is 0.517. The summed E-state index contributed by atoms with van der Waals surface area (Å²) in [4.78, 5) is 0. The molecule has 2 atom stereocenters. The molecule has 0 aliphatic carbocycles. The van der Waals surface area contributed by atoms with Crippen LogP contribution in [0, 0.1) is 5.92 Å². The van der Waals surface area contributed by atoms with E-state index < -0.39 is 0 Å². The Hall–Kier alpha value is -2.02. The lowest BCUT2D eigenvalue weighted by Crippen LogP contribution is -1.99. The van der Waals surface area contributed by atoms with E-state index in [9.17, 15) is 0 Å². The molecule has 0 heterocycles. The van der Waals surface area contributed by atoms with Crippen molar-refractivity contribution in [3.63, 3.8) is 0 Å². The van der Waals surface area contributed by atoms with Crippen LogP contribution in [-0.4, -0.2) is 7.11 Å². The van der Waals surface area contributed by atoms with Gasteiger partial charge in [-0.25, -0.2) is 0 Å². The van der Waals surface area contributed by atoms with Crippen molar-refractivity contribution in [2.45, 2.75) is 86.5 Å². The highest BCUT2D eigenvalue weighted by atomic mass is 16.5. The first kappa shape index (κ1) is 30.2. The SMILES string of the molecule is C=CCC(c1ccccc1)c1ccc(OC)cc1.CC.CC.CCCCC(C)CC. The Morgan fingerprint density at radius 1 is 0.867 bits per heavy atom. The van der Waals surface area contributed by atoms with Gasteiger partial charge in [0, 0.05) is 5.92 Å². The van der Waals surface area contributed by atoms with Gasteiger partial charge in [0.25, 0.3) is 0 Å². The molecular formula is C29H48O. The minimum Gasteiger partial charge on any atom is -0.497 e. The van der Waals surface area contributed by atoms with Crippen LogP contribution in [0.4, 0.5) is 0 Å². The van der Waals surface area contributed by atoms with Crippen molar-refractivity contribution in [3.8, 4) is 5.75 Å². The van der Waals surface area contributed by atoms with Crippen LogP contribution in [-0.2, 0) is 0 Å². The molecule has 2 aromatic carbocycles. The van der Waals surface area contributed by atoms with Crippen molar-refractivity contribution in [1.29, 1.82) is 0 Å². The van der Waals surface area contributed by atoms with Gasteiger partial charge in [-0.1, -0.05) is 123 Å². The smallest absolute Gasteiger partial charge is 0.118 e. The summed E-state index contributed by atoms with van der Waals surface area (Å²) >= 11 is 0. The first-order valence-corrected chi connectivity index (χ1v) is 12.0. The molecule has 0 spiro atoms. The lowest BCUT2D eigenvalue weighted by molar-refractivity contribution is 0.414. The van der Waals surface area contributed by atoms with E-state index >= 15 is 0 Å². The van der Waals surface area contributed by atoms with Crippen LogP contribution in [0.3, 0.4) is 0 Å². The standard InChI is InChI=1S/C17H18O.C8H18.2C2H6/c1-3-7-17(14-8-5-4-6-9-14)15-10-12-16(18-2)13-11-15;1-4-6-7-8(3)5-2;2*1-2/h3-6,8-13,17H,1,7H2,2H3;8H,4-7H2,1-3H3;2*1-2H3. The third-order valence-corrected chi connectivity index (χ3v) is 4.87. The van der Waals surface area contributed by atoms with Crippen LogP contribution in [0.2, 0.25) is 0 Å². The Kier molecular flexibility index (Phi) is 21.8. The molecule has 0 aliphatic rings. The van der Waals surface area contributed by atoms with Gasteiger partial charge in [0.05, 0.1) is 7.11 Å². The van der Waals surface area contributed by atoms with Crippen molar-refractivity contribution in [2.24, 2.45) is 5.92 Å². The average Bonchev–Trinajstić information content (AvgIpc) is 2.84. The molecule has 0 fully saturated rings. The minimum atomic E-state index is 0.370. The molecule has 0 amide bonds. The van der Waals surface area contributed by atoms with Crippen LogP contribution < -0.4 is 4.74 Å². The second-order valence-electron chi connectivity index (χ2n) is 6.92. The lowest BCUT2D eigenvalue weighted by atomic mass is 9.88. The zero-order chi connectivity index (χ0) is 23.2. The van der Waals surface area contributed by atoms with Crippen LogP contribution in [0.1, 0.15) is 97.6 Å². The van der Waals surface area contributed by atoms with E-state index in [1.165, 1.54) is 36.8 Å². The van der Waals surface area contributed by atoms with E-state index in [0.29, 0.717) is 5.92 Å². The highest BCUT2D eigenvalue weighted by molar-refractivity contribution is 5.36. The molecule has 2 rings (SSSR count). The highest BCUT2D eigenvalue weighted by Crippen LogP contribution is 2.29. The number of methoxy groups -OCH3 is 1. The van der Waals surface area contributed by atoms with Gasteiger partial charge >= 0.3 is 0 Å². The van der Waals surface area contributed by atoms with Gasteiger partial charge in [-0.05, 0) is 35.6 Å². The van der Waals surface area contributed by atoms with Crippen molar-refractivity contribution >= 4 is 0 Å². The summed E-state index contributed by atoms with van der Waals surface area (Å²) in [5, 5.41) is 0. The summed E-state index contributed by atoms with van der Waals surface area (Å²) < 4.78 is 5.19. The molecule has 1 heteroatoms. The van der Waals surface area contributed by atoms with Crippen LogP contribution in [0.15, 0.2) is 67.3 Å². The molecule has 0 radical (unpaired) electrons. The molecular weight excluding hydrogens is 364 g/mol. The lowest BCUT2D eigenvalue weighted by Gasteiger charge is -2.16. The number of unbranched alkanes of at least 4 members (excludes halogenated alkanes) is 1. The first-order valence-electron chi connectivity index (χ1n) is 12.0. The van der Waals surface area contributed by atoms with Crippen LogP contribution in [0.25, 0.3) is 0 Å². The molecule has 2 unspecified atom stereocenters. The third kappa shape index (κ3) is 13.2. The van der Waals surface area contributed by atoms with Crippen molar-refractivity contribution in [1.82, 2.24) is 0 Å². The van der Waals surface area contributed by atoms with Gasteiger partial charge in [-0.2, -0.15) is 0 Å². The van der Waals surface area contributed by atoms with Crippen LogP contribution >= 0.6 is 0 Å². The fourth-order valence-electron chi connectivity index (χ4n) is 2.91. The van der Waals surface area contributed by atoms with Crippen molar-refractivity contribution in [2.75, 3.05) is 7.11 Å². The van der Waals surface area contributed by atoms with E-state index in [0.717, 1.165) is 18.1 Å². The van der Waals surface area contributed by atoms with E-state index in [1.807, 2.05) is 52.0 Å². The van der Waals surface area contributed by atoms with Gasteiger partial charge in [0.15, 0.2) is 0 Å². The van der Waals surface area contributed by atoms with Gasteiger partial charge < -0.3 is 4.74 Å². The summed E-state index contributed by atoms with van der Waals surface area (Å²) in [6.45, 7) is 18.7. The second-order valence-corrected chi connectivity index (χ2v) is 6.92. The van der Waals surface area contributed by atoms with Crippen LogP contribution in [0.5, 0.6) is 5.75 Å². The Bertz CT molecular complexity index is 586. The van der Waals surface area contributed by atoms with Gasteiger partial charge in [-0.3, -0.25) is 0 Å². The molecule has 0 N–H and O–H groups in total. The number of hydrogen-bond donors (Lipinski definition) is 0. The van der Waals surface area contributed by atoms with Gasteiger partial charge in [0.1, 0.15) is 5.75 Å². The molecule has 0 bridgehead atoms. The molecule has 0 saturated carbocycles. The maximum absolute atomic E-state index is 5.19. The maximum Gasteiger partial charge on any atom is 0.118 e. The summed E-state index contributed by atoms with van der Waals surface area (Å²) in [6.07, 6.45) is 8.45. The summed E-state index contributed by atoms with van der Waals surface area (Å²) in [5.74, 6) is 2.22. The van der Waals surface area contributed by atoms with E-state index in [2.05, 4.69) is 63.7 Å². The Morgan fingerprint density at radius 3 is 1.83 bits per heavy atom. The topological polar surface area (TPSA) is 9.23 Å². The quantitative estimate of drug-likeness (QED) is 0.372. The predicted molar refractivity (Wildman–Crippen MR) is 138 cm³/mol. The summed E-state index contributed by atoms with van der Waals surface area (Å²) in [5.41, 5.74) is 2.62. The third-order valence-electron chi connectivity index (χ3n) is 4.87. The fourth-order valence-corrected chi connectivity index (χ4v) is 2.91. The molecule has 0 aliphatic heterocycles. The molecule has 1 nitrogen and oxygen atoms in total. The zero-order valence-corrected chi connectivity index (χ0v) is 21.1. The molecule has 170 valence electrons. The average molecular weight is 413 g/mol. The number of allylic oxidation sites excluding steroid dienone is 1. The summed E-state index contributed by atoms with van der Waals surface area (Å²) in [6, 6.07) is 18.8. The Labute approximate surface area is 188 Å². The highest BCUT2D eigenvalue weighted by Gasteiger charge is 2.12. The van der Waals surface area contributed by atoms with Crippen molar-refractivity contribution in [3.05, 3.63) is 78.4 Å². The first-order chi connectivity index (χ1) is 14.7. The molecule has 2 aromatic rings. The van der Waals surface area contributed by atoms with E-state index in [1.54, 1.807) is 7.11 Å². The molecule has 0 saturated heterocycles. The zero-order valence-electron chi connectivity index (χ0n) is 21.1. The number of rotatable bonds is 9. The van der Waals surface area contributed by atoms with E-state index in [-0.39, 0.29) is 0 Å². The Balaban J connectivity index is 0. The largest absolute Gasteiger partial charge is 0.497 e. The van der Waals surface area contributed by atoms with Crippen molar-refractivity contribution < 1.29 is 4.74 Å². The normalized spacial score (nSPS) is 11.2. The maximum atomic E-state index is 5.19. The predicted octanol–water partition coefficient (Wildman–Crippen LogP) is 9.68. The minimum absolute atomic E-state index is 0.370. The number of benzene rings is 2. The van der Waals surface area contributed by atoms with Gasteiger partial charge in [0.2, 0.25) is 0 Å². The Morgan fingerprint density at radius 2 is 1.40 bits per heavy atom. The number of ether oxygens (including phenoxy) is 1. The summed E-state index contributed by atoms with van der Waals surface area (Å²) in [7, 11) is 1.69. The molecule has 0 aromatic heterocycles. The van der Waals surface area contributed by atoms with E-state index in [4.69, 9.17) is 4.74 Å². The monoisotopic (exact) mass is 412 g/mol. The number of hydrogen-bond acceptors (Lipinski definition) is 1. The second kappa shape index (κ2) is 21.7. The van der Waals surface area contributed by atoms with Gasteiger partial charge in [-0.15, -0.1) is 6.58 Å².